The number of carbonyl (C=O) groups is 1. The average molecular weight is 680 g/mol. The summed E-state index contributed by atoms with van der Waals surface area (Å²) < 4.78 is 14.4. The van der Waals surface area contributed by atoms with E-state index in [1.54, 1.807) is 0 Å². The molecule has 0 N–H and O–H groups in total. The van der Waals surface area contributed by atoms with Crippen LogP contribution in [0.4, 0.5) is 0 Å². The van der Waals surface area contributed by atoms with E-state index in [1.807, 2.05) is 0 Å². The monoisotopic (exact) mass is 680 g/mol. The summed E-state index contributed by atoms with van der Waals surface area (Å²) in [6.45, 7) is 19.3. The fourth-order valence-corrected chi connectivity index (χ4v) is 15.1. The number of rotatable bonds is 7. The Morgan fingerprint density at radius 2 is 1.69 bits per heavy atom. The first-order valence-electron chi connectivity index (χ1n) is 18.6. The van der Waals surface area contributed by atoms with E-state index in [1.165, 1.54) is 74.2 Å². The molecule has 1 aromatic rings. The molecule has 1 aliphatic heterocycles. The molecule has 5 aliphatic carbocycles. The molecule has 10 atom stereocenters. The van der Waals surface area contributed by atoms with Gasteiger partial charge in [0.05, 0.1) is 0 Å². The van der Waals surface area contributed by atoms with E-state index in [2.05, 4.69) is 65.0 Å². The molecule has 0 bridgehead atoms. The molecule has 1 saturated heterocycles. The zero-order valence-electron chi connectivity index (χ0n) is 29.0. The number of ketones is 1. The number of carbonyl (C=O) groups excluding carboxylic acids is 1. The molecule has 0 radical (unpaired) electrons. The van der Waals surface area contributed by atoms with E-state index < -0.39 is 0 Å². The normalized spacial score (nSPS) is 45.6. The van der Waals surface area contributed by atoms with Gasteiger partial charge in [0.25, 0.3) is 0 Å². The second kappa shape index (κ2) is 11.9. The summed E-state index contributed by atoms with van der Waals surface area (Å²) in [6, 6.07) is 11.1. The van der Waals surface area contributed by atoms with Gasteiger partial charge in [-0.2, -0.15) is 0 Å². The van der Waals surface area contributed by atoms with Crippen molar-refractivity contribution in [3.63, 3.8) is 0 Å². The third kappa shape index (κ3) is 5.12. The van der Waals surface area contributed by atoms with Crippen LogP contribution in [0.15, 0.2) is 42.5 Å². The molecule has 4 heteroatoms. The van der Waals surface area contributed by atoms with Crippen LogP contribution in [0.1, 0.15) is 118 Å². The Morgan fingerprint density at radius 3 is 2.44 bits per heavy atom. The first-order valence-corrected chi connectivity index (χ1v) is 20.6. The summed E-state index contributed by atoms with van der Waals surface area (Å²) in [4.78, 5) is 13.2. The van der Waals surface area contributed by atoms with Crippen molar-refractivity contribution in [1.29, 1.82) is 0 Å². The van der Waals surface area contributed by atoms with Gasteiger partial charge in [0, 0.05) is 0 Å². The van der Waals surface area contributed by atoms with Crippen LogP contribution in [0.5, 0.6) is 0 Å². The van der Waals surface area contributed by atoms with Crippen LogP contribution in [-0.4, -0.2) is 40.2 Å². The Bertz CT molecular complexity index is 1270. The van der Waals surface area contributed by atoms with Gasteiger partial charge in [-0.05, 0) is 0 Å². The molecule has 0 amide bonds. The van der Waals surface area contributed by atoms with Crippen molar-refractivity contribution in [2.45, 2.75) is 130 Å². The fraction of sp³-hybridized carbons (Fsp3) is 0.780. The van der Waals surface area contributed by atoms with Crippen LogP contribution in [0, 0.1) is 56.7 Å². The van der Waals surface area contributed by atoms with Crippen LogP contribution in [0.2, 0.25) is 5.32 Å². The molecule has 0 spiro atoms. The van der Waals surface area contributed by atoms with Gasteiger partial charge < -0.3 is 0 Å². The number of ether oxygens (including phenoxy) is 2. The van der Waals surface area contributed by atoms with Gasteiger partial charge in [-0.3, -0.25) is 4.79 Å². The summed E-state index contributed by atoms with van der Waals surface area (Å²) in [5.41, 5.74) is 2.51. The van der Waals surface area contributed by atoms with Gasteiger partial charge in [0.1, 0.15) is 0 Å². The summed E-state index contributed by atoms with van der Waals surface area (Å²) in [5.74, 6) is 3.73. The minimum absolute atomic E-state index is 0.00778. The van der Waals surface area contributed by atoms with Crippen molar-refractivity contribution in [2.75, 3.05) is 13.2 Å². The van der Waals surface area contributed by atoms with Gasteiger partial charge in [-0.15, -0.1) is 0 Å². The van der Waals surface area contributed by atoms with Crippen LogP contribution >= 0.6 is 0 Å². The number of allylic oxidation sites excluding steroid dienone is 1. The standard InChI is InChI=1S/C41H60O3Se/c1-28(26-45-29-12-8-7-9-13-29)30-17-22-41(27-44-35-14-10-11-25-43-35)24-23-39(5)31(36(30)41)15-16-33-38(4)20-19-34(42)37(2,3)32(38)18-21-40(33,39)6/h7-9,12-13,30-33,35-36H,1,10-11,14-27H2,2-6H3/t30-,31+,32-,33+,35?,36+,38-,39+,40+,41+/m0/s1. The summed E-state index contributed by atoms with van der Waals surface area (Å²) in [6.07, 6.45) is 15.7. The molecule has 6 fully saturated rings. The van der Waals surface area contributed by atoms with Gasteiger partial charge in [0.15, 0.2) is 0 Å². The minimum atomic E-state index is -0.179. The zero-order chi connectivity index (χ0) is 31.7. The van der Waals surface area contributed by atoms with Crippen LogP contribution in [0.3, 0.4) is 0 Å². The molecule has 3 nitrogen and oxygen atoms in total. The van der Waals surface area contributed by atoms with Crippen molar-refractivity contribution in [3.8, 4) is 0 Å². The number of fused-ring (bicyclic) bond motifs is 7. The Balaban J connectivity index is 1.19. The zero-order valence-corrected chi connectivity index (χ0v) is 30.7. The summed E-state index contributed by atoms with van der Waals surface area (Å²) in [7, 11) is 0. The number of hydrogen-bond acceptors (Lipinski definition) is 3. The molecule has 7 rings (SSSR count). The van der Waals surface area contributed by atoms with Crippen molar-refractivity contribution < 1.29 is 14.3 Å². The van der Waals surface area contributed by atoms with Crippen molar-refractivity contribution >= 4 is 25.2 Å². The molecule has 5 saturated carbocycles. The first-order chi connectivity index (χ1) is 21.4. The maximum atomic E-state index is 13.2. The Hall–Kier alpha value is -0.931. The molecular weight excluding hydrogens is 619 g/mol. The van der Waals surface area contributed by atoms with Gasteiger partial charge in [0.2, 0.25) is 0 Å². The van der Waals surface area contributed by atoms with Gasteiger partial charge in [-0.25, -0.2) is 0 Å². The molecule has 248 valence electrons. The quantitative estimate of drug-likeness (QED) is 0.213. The topological polar surface area (TPSA) is 35.5 Å². The third-order valence-corrected chi connectivity index (χ3v) is 18.1. The maximum absolute atomic E-state index is 13.2. The molecule has 1 heterocycles. The number of hydrogen-bond donors (Lipinski definition) is 0. The Morgan fingerprint density at radius 1 is 0.889 bits per heavy atom. The van der Waals surface area contributed by atoms with Crippen LogP contribution < -0.4 is 4.46 Å². The van der Waals surface area contributed by atoms with Crippen LogP contribution in [0.25, 0.3) is 0 Å². The van der Waals surface area contributed by atoms with Crippen molar-refractivity contribution in [2.24, 2.45) is 56.7 Å². The third-order valence-electron chi connectivity index (χ3n) is 15.7. The molecule has 6 aliphatic rings. The van der Waals surface area contributed by atoms with Gasteiger partial charge in [-0.1, -0.05) is 0 Å². The summed E-state index contributed by atoms with van der Waals surface area (Å²) >= 11 is 0.440. The average Bonchev–Trinajstić information content (AvgIpc) is 3.42. The van der Waals surface area contributed by atoms with E-state index in [4.69, 9.17) is 16.1 Å². The van der Waals surface area contributed by atoms with E-state index in [9.17, 15) is 4.79 Å². The first kappa shape index (κ1) is 32.6. The van der Waals surface area contributed by atoms with E-state index >= 15 is 0 Å². The number of Topliss-reactive ketones (excluding diaryl/α,β-unsaturated/α-hetero) is 1. The van der Waals surface area contributed by atoms with E-state index in [0.29, 0.717) is 55.2 Å². The van der Waals surface area contributed by atoms with E-state index in [0.717, 1.165) is 43.7 Å². The van der Waals surface area contributed by atoms with Crippen LogP contribution in [-0.2, 0) is 14.3 Å². The Labute approximate surface area is 280 Å². The Kier molecular flexibility index (Phi) is 8.62. The molecule has 45 heavy (non-hydrogen) atoms. The predicted molar refractivity (Wildman–Crippen MR) is 184 cm³/mol. The van der Waals surface area contributed by atoms with Crippen molar-refractivity contribution in [3.05, 3.63) is 42.5 Å². The molecule has 0 aromatic heterocycles. The second-order valence-corrected chi connectivity index (χ2v) is 19.9. The van der Waals surface area contributed by atoms with Gasteiger partial charge >= 0.3 is 277 Å². The van der Waals surface area contributed by atoms with E-state index in [-0.39, 0.29) is 22.5 Å². The molecular formula is C41H60O3Se. The fourth-order valence-electron chi connectivity index (χ4n) is 13.1. The number of benzene rings is 1. The SMILES string of the molecule is C=C(C[Se]c1ccccc1)[C@@H]1CC[C@]2(COC3CCCCO3)CC[C@]3(C)[C@H](CC[C@@H]4[C@@]5(C)CCC(=O)C(C)(C)[C@@H]5CC[C@]43C)[C@@H]12. The predicted octanol–water partition coefficient (Wildman–Crippen LogP) is 9.18. The summed E-state index contributed by atoms with van der Waals surface area (Å²) in [5, 5.41) is 1.16. The molecule has 1 aromatic carbocycles. The second-order valence-electron chi connectivity index (χ2n) is 17.7. The van der Waals surface area contributed by atoms with Crippen molar-refractivity contribution in [1.82, 2.24) is 0 Å². The molecule has 1 unspecified atom stereocenters.